The van der Waals surface area contributed by atoms with Crippen LogP contribution in [0, 0.1) is 6.57 Å². The van der Waals surface area contributed by atoms with Crippen LogP contribution in [-0.4, -0.2) is 13.1 Å². The van der Waals surface area contributed by atoms with E-state index in [4.69, 9.17) is 11.3 Å². The number of hydrogen-bond acceptors (Lipinski definition) is 2. The second-order valence-electron chi connectivity index (χ2n) is 2.25. The zero-order valence-electron chi connectivity index (χ0n) is 7.07. The summed E-state index contributed by atoms with van der Waals surface area (Å²) in [6.45, 7) is 6.74. The van der Waals surface area contributed by atoms with E-state index in [1.54, 1.807) is 18.2 Å². The highest BCUT2D eigenvalue weighted by Gasteiger charge is 2.00. The molecule has 1 aromatic carbocycles. The molecule has 66 valence electrons. The van der Waals surface area contributed by atoms with Gasteiger partial charge in [-0.3, -0.25) is 0 Å². The number of nitrogens with zero attached hydrogens (tertiary/aromatic N) is 1. The maximum Gasteiger partial charge on any atom is 0.412 e. The molecule has 0 aliphatic carbocycles. The minimum Gasteiger partial charge on any atom is -0.412 e. The molecular formula is C9H8N2O2. The van der Waals surface area contributed by atoms with Crippen LogP contribution in [0.5, 0.6) is 5.75 Å². The van der Waals surface area contributed by atoms with Crippen LogP contribution < -0.4 is 10.1 Å². The molecule has 13 heavy (non-hydrogen) atoms. The van der Waals surface area contributed by atoms with Crippen molar-refractivity contribution in [3.05, 3.63) is 35.7 Å². The molecule has 0 atom stereocenters. The first-order valence-electron chi connectivity index (χ1n) is 3.63. The first-order chi connectivity index (χ1) is 6.26. The smallest absolute Gasteiger partial charge is 0.412 e. The van der Waals surface area contributed by atoms with Crippen LogP contribution in [0.3, 0.4) is 0 Å². The first-order valence-corrected chi connectivity index (χ1v) is 3.63. The molecule has 4 nitrogen and oxygen atoms in total. The Morgan fingerprint density at radius 3 is 3.00 bits per heavy atom. The van der Waals surface area contributed by atoms with Crippen LogP contribution in [0.25, 0.3) is 4.85 Å². The Hall–Kier alpha value is -2.02. The summed E-state index contributed by atoms with van der Waals surface area (Å²) in [4.78, 5) is 14.0. The number of ether oxygens (including phenoxy) is 1. The zero-order chi connectivity index (χ0) is 9.68. The molecule has 0 aromatic heterocycles. The van der Waals surface area contributed by atoms with Crippen molar-refractivity contribution in [2.45, 2.75) is 0 Å². The Balaban J connectivity index is 2.79. The van der Waals surface area contributed by atoms with Gasteiger partial charge in [-0.05, 0) is 12.1 Å². The molecule has 0 radical (unpaired) electrons. The van der Waals surface area contributed by atoms with E-state index in [0.29, 0.717) is 11.4 Å². The minimum absolute atomic E-state index is 0.368. The first kappa shape index (κ1) is 9.07. The van der Waals surface area contributed by atoms with E-state index in [1.807, 2.05) is 0 Å². The molecule has 0 aliphatic rings. The molecule has 0 bridgehead atoms. The Morgan fingerprint density at radius 2 is 2.38 bits per heavy atom. The zero-order valence-corrected chi connectivity index (χ0v) is 7.07. The van der Waals surface area contributed by atoms with Gasteiger partial charge in [0, 0.05) is 7.05 Å². The van der Waals surface area contributed by atoms with Crippen LogP contribution in [0.4, 0.5) is 10.5 Å². The predicted octanol–water partition coefficient (Wildman–Crippen LogP) is 1.96. The van der Waals surface area contributed by atoms with E-state index >= 15 is 0 Å². The molecular weight excluding hydrogens is 168 g/mol. The number of benzene rings is 1. The predicted molar refractivity (Wildman–Crippen MR) is 47.8 cm³/mol. The van der Waals surface area contributed by atoms with Gasteiger partial charge < -0.3 is 10.1 Å². The summed E-state index contributed by atoms with van der Waals surface area (Å²) in [6, 6.07) is 6.42. The van der Waals surface area contributed by atoms with Crippen molar-refractivity contribution in [3.8, 4) is 5.75 Å². The normalized spacial score (nSPS) is 8.62. The number of carbonyl (C=O) groups is 1. The summed E-state index contributed by atoms with van der Waals surface area (Å²) < 4.78 is 4.81. The third-order valence-corrected chi connectivity index (χ3v) is 1.36. The molecule has 1 amide bonds. The molecule has 0 saturated heterocycles. The molecule has 0 aliphatic heterocycles. The summed E-state index contributed by atoms with van der Waals surface area (Å²) in [5.41, 5.74) is 0.446. The van der Waals surface area contributed by atoms with Gasteiger partial charge in [0.25, 0.3) is 0 Å². The Labute approximate surface area is 76.0 Å². The Morgan fingerprint density at radius 1 is 1.62 bits per heavy atom. The van der Waals surface area contributed by atoms with E-state index in [0.717, 1.165) is 0 Å². The molecule has 0 saturated carbocycles. The molecule has 0 fully saturated rings. The standard InChI is InChI=1S/C9H8N2O2/c1-10-7-4-3-5-8(6-7)13-9(12)11-2/h3-6H,2H3,(H,11,12). The fraction of sp³-hybridized carbons (Fsp3) is 0.111. The van der Waals surface area contributed by atoms with Crippen molar-refractivity contribution >= 4 is 11.8 Å². The van der Waals surface area contributed by atoms with Crippen LogP contribution in [-0.2, 0) is 0 Å². The van der Waals surface area contributed by atoms with Crippen molar-refractivity contribution in [3.63, 3.8) is 0 Å². The van der Waals surface area contributed by atoms with Crippen LogP contribution in [0.15, 0.2) is 24.3 Å². The van der Waals surface area contributed by atoms with Crippen LogP contribution >= 0.6 is 0 Å². The molecule has 0 unspecified atom stereocenters. The lowest BCUT2D eigenvalue weighted by Crippen LogP contribution is -2.21. The van der Waals surface area contributed by atoms with E-state index in [1.165, 1.54) is 13.1 Å². The third kappa shape index (κ3) is 2.49. The molecule has 1 aromatic rings. The number of carbonyl (C=O) groups excluding carboxylic acids is 1. The molecule has 1 N–H and O–H groups in total. The number of amides is 1. The third-order valence-electron chi connectivity index (χ3n) is 1.36. The molecule has 0 spiro atoms. The van der Waals surface area contributed by atoms with E-state index in [-0.39, 0.29) is 0 Å². The summed E-state index contributed by atoms with van der Waals surface area (Å²) in [6.07, 6.45) is -0.540. The lowest BCUT2D eigenvalue weighted by atomic mass is 10.3. The summed E-state index contributed by atoms with van der Waals surface area (Å²) >= 11 is 0. The van der Waals surface area contributed by atoms with Gasteiger partial charge >= 0.3 is 6.09 Å². The maximum absolute atomic E-state index is 10.8. The van der Waals surface area contributed by atoms with Gasteiger partial charge in [0.15, 0.2) is 5.69 Å². The number of hydrogen-bond donors (Lipinski definition) is 1. The summed E-state index contributed by atoms with van der Waals surface area (Å²) in [5.74, 6) is 0.368. The van der Waals surface area contributed by atoms with Crippen molar-refractivity contribution in [1.82, 2.24) is 5.32 Å². The van der Waals surface area contributed by atoms with Gasteiger partial charge in [0.1, 0.15) is 5.75 Å². The fourth-order valence-corrected chi connectivity index (χ4v) is 0.775. The topological polar surface area (TPSA) is 42.7 Å². The quantitative estimate of drug-likeness (QED) is 0.664. The van der Waals surface area contributed by atoms with E-state index < -0.39 is 6.09 Å². The monoisotopic (exact) mass is 176 g/mol. The summed E-state index contributed by atoms with van der Waals surface area (Å²) in [7, 11) is 1.47. The highest BCUT2D eigenvalue weighted by molar-refractivity contribution is 5.70. The molecule has 0 heterocycles. The fourth-order valence-electron chi connectivity index (χ4n) is 0.775. The lowest BCUT2D eigenvalue weighted by Gasteiger charge is -2.02. The van der Waals surface area contributed by atoms with Gasteiger partial charge in [-0.2, -0.15) is 0 Å². The number of nitrogens with one attached hydrogen (secondary N) is 1. The highest BCUT2D eigenvalue weighted by atomic mass is 16.5. The van der Waals surface area contributed by atoms with E-state index in [9.17, 15) is 4.79 Å². The average Bonchev–Trinajstić information content (AvgIpc) is 2.18. The largest absolute Gasteiger partial charge is 0.412 e. The maximum atomic E-state index is 10.8. The average molecular weight is 176 g/mol. The van der Waals surface area contributed by atoms with Gasteiger partial charge in [-0.15, -0.1) is 0 Å². The lowest BCUT2D eigenvalue weighted by molar-refractivity contribution is 0.203. The van der Waals surface area contributed by atoms with Crippen molar-refractivity contribution in [1.29, 1.82) is 0 Å². The van der Waals surface area contributed by atoms with Gasteiger partial charge in [-0.1, -0.05) is 12.1 Å². The Kier molecular flexibility index (Phi) is 2.87. The number of rotatable bonds is 1. The van der Waals surface area contributed by atoms with Crippen molar-refractivity contribution in [2.24, 2.45) is 0 Å². The Bertz CT molecular complexity index is 355. The molecule has 4 heteroatoms. The van der Waals surface area contributed by atoms with E-state index in [2.05, 4.69) is 10.2 Å². The molecule has 1 rings (SSSR count). The van der Waals surface area contributed by atoms with Crippen molar-refractivity contribution in [2.75, 3.05) is 7.05 Å². The summed E-state index contributed by atoms with van der Waals surface area (Å²) in [5, 5.41) is 2.31. The second kappa shape index (κ2) is 4.12. The second-order valence-corrected chi connectivity index (χ2v) is 2.25. The van der Waals surface area contributed by atoms with Gasteiger partial charge in [-0.25, -0.2) is 9.64 Å². The highest BCUT2D eigenvalue weighted by Crippen LogP contribution is 2.19. The SMILES string of the molecule is [C-]#[N+]c1cccc(OC(=O)NC)c1. The van der Waals surface area contributed by atoms with Crippen LogP contribution in [0.2, 0.25) is 0 Å². The van der Waals surface area contributed by atoms with Gasteiger partial charge in [0.05, 0.1) is 6.57 Å². The minimum atomic E-state index is -0.540. The van der Waals surface area contributed by atoms with Crippen molar-refractivity contribution < 1.29 is 9.53 Å². The van der Waals surface area contributed by atoms with Crippen LogP contribution in [0.1, 0.15) is 0 Å². The van der Waals surface area contributed by atoms with Gasteiger partial charge in [0.2, 0.25) is 0 Å².